The molecular weight excluding hydrogens is 229 g/mol. The van der Waals surface area contributed by atoms with Gasteiger partial charge in [0.15, 0.2) is 0 Å². The molecule has 0 aliphatic rings. The molecule has 0 spiro atoms. The molecule has 1 atom stereocenters. The molecule has 2 N–H and O–H groups in total. The molecule has 0 aromatic heterocycles. The van der Waals surface area contributed by atoms with Gasteiger partial charge in [0.2, 0.25) is 0 Å². The first-order chi connectivity index (χ1) is 7.00. The third-order valence-corrected chi connectivity index (χ3v) is 3.17. The SMILES string of the molecule is CC(C)CCC(N)c1ccc(Cl)c(Cl)c1. The number of hydrogen-bond donors (Lipinski definition) is 1. The van der Waals surface area contributed by atoms with Gasteiger partial charge in [-0.05, 0) is 36.5 Å². The van der Waals surface area contributed by atoms with Crippen LogP contribution in [0.25, 0.3) is 0 Å². The molecule has 1 aromatic carbocycles. The molecule has 0 amide bonds. The topological polar surface area (TPSA) is 26.0 Å². The average molecular weight is 246 g/mol. The fourth-order valence-electron chi connectivity index (χ4n) is 1.42. The molecule has 0 saturated heterocycles. The van der Waals surface area contributed by atoms with Crippen molar-refractivity contribution < 1.29 is 0 Å². The predicted octanol–water partition coefficient (Wildman–Crippen LogP) is 4.43. The van der Waals surface area contributed by atoms with E-state index in [2.05, 4.69) is 13.8 Å². The van der Waals surface area contributed by atoms with Gasteiger partial charge in [-0.15, -0.1) is 0 Å². The van der Waals surface area contributed by atoms with Crippen LogP contribution in [0.15, 0.2) is 18.2 Å². The van der Waals surface area contributed by atoms with Gasteiger partial charge in [-0.1, -0.05) is 43.1 Å². The molecule has 0 saturated carbocycles. The number of hydrogen-bond acceptors (Lipinski definition) is 1. The molecule has 0 radical (unpaired) electrons. The van der Waals surface area contributed by atoms with E-state index in [1.54, 1.807) is 6.07 Å². The Morgan fingerprint density at radius 1 is 1.13 bits per heavy atom. The van der Waals surface area contributed by atoms with Crippen LogP contribution in [0.1, 0.15) is 38.3 Å². The maximum Gasteiger partial charge on any atom is 0.0595 e. The van der Waals surface area contributed by atoms with E-state index >= 15 is 0 Å². The Bertz CT molecular complexity index is 323. The fourth-order valence-corrected chi connectivity index (χ4v) is 1.73. The molecule has 0 aliphatic carbocycles. The van der Waals surface area contributed by atoms with Crippen LogP contribution in [-0.2, 0) is 0 Å². The summed E-state index contributed by atoms with van der Waals surface area (Å²) in [4.78, 5) is 0. The second-order valence-corrected chi connectivity index (χ2v) is 5.07. The zero-order valence-corrected chi connectivity index (χ0v) is 10.6. The summed E-state index contributed by atoms with van der Waals surface area (Å²) in [5, 5.41) is 1.16. The summed E-state index contributed by atoms with van der Waals surface area (Å²) < 4.78 is 0. The van der Waals surface area contributed by atoms with Gasteiger partial charge < -0.3 is 5.73 Å². The number of halogens is 2. The van der Waals surface area contributed by atoms with Crippen LogP contribution < -0.4 is 5.73 Å². The molecule has 0 aliphatic heterocycles. The van der Waals surface area contributed by atoms with Crippen LogP contribution in [-0.4, -0.2) is 0 Å². The highest BCUT2D eigenvalue weighted by Crippen LogP contribution is 2.26. The lowest BCUT2D eigenvalue weighted by Crippen LogP contribution is -2.11. The molecule has 1 unspecified atom stereocenters. The Morgan fingerprint density at radius 3 is 2.33 bits per heavy atom. The second-order valence-electron chi connectivity index (χ2n) is 4.25. The largest absolute Gasteiger partial charge is 0.324 e. The molecule has 3 heteroatoms. The fraction of sp³-hybridized carbons (Fsp3) is 0.500. The quantitative estimate of drug-likeness (QED) is 0.835. The van der Waals surface area contributed by atoms with Crippen LogP contribution in [0.5, 0.6) is 0 Å². The van der Waals surface area contributed by atoms with Crippen molar-refractivity contribution >= 4 is 23.2 Å². The number of benzene rings is 1. The first-order valence-corrected chi connectivity index (χ1v) is 5.97. The first-order valence-electron chi connectivity index (χ1n) is 5.21. The van der Waals surface area contributed by atoms with Crippen molar-refractivity contribution in [1.29, 1.82) is 0 Å². The minimum atomic E-state index is 0.0576. The molecule has 1 rings (SSSR count). The van der Waals surface area contributed by atoms with Crippen LogP contribution >= 0.6 is 23.2 Å². The molecule has 0 bridgehead atoms. The number of nitrogens with two attached hydrogens (primary N) is 1. The van der Waals surface area contributed by atoms with Crippen molar-refractivity contribution in [2.24, 2.45) is 11.7 Å². The molecule has 1 nitrogen and oxygen atoms in total. The van der Waals surface area contributed by atoms with Crippen molar-refractivity contribution in [2.75, 3.05) is 0 Å². The summed E-state index contributed by atoms with van der Waals surface area (Å²) in [6.45, 7) is 4.39. The van der Waals surface area contributed by atoms with E-state index in [0.29, 0.717) is 16.0 Å². The predicted molar refractivity (Wildman–Crippen MR) is 67.5 cm³/mol. The zero-order valence-electron chi connectivity index (χ0n) is 9.13. The smallest absolute Gasteiger partial charge is 0.0595 e. The average Bonchev–Trinajstić information content (AvgIpc) is 2.18. The summed E-state index contributed by atoms with van der Waals surface area (Å²) in [5.74, 6) is 0.679. The van der Waals surface area contributed by atoms with Crippen LogP contribution in [0.4, 0.5) is 0 Å². The van der Waals surface area contributed by atoms with Gasteiger partial charge in [-0.3, -0.25) is 0 Å². The van der Waals surface area contributed by atoms with Gasteiger partial charge in [0, 0.05) is 6.04 Å². The zero-order chi connectivity index (χ0) is 11.4. The Labute approximate surface area is 102 Å². The highest BCUT2D eigenvalue weighted by molar-refractivity contribution is 6.42. The van der Waals surface area contributed by atoms with Gasteiger partial charge in [-0.25, -0.2) is 0 Å². The monoisotopic (exact) mass is 245 g/mol. The van der Waals surface area contributed by atoms with Crippen molar-refractivity contribution in [3.05, 3.63) is 33.8 Å². The first kappa shape index (κ1) is 12.8. The summed E-state index contributed by atoms with van der Waals surface area (Å²) in [6, 6.07) is 5.66. The lowest BCUT2D eigenvalue weighted by Gasteiger charge is -2.14. The van der Waals surface area contributed by atoms with E-state index < -0.39 is 0 Å². The van der Waals surface area contributed by atoms with Crippen molar-refractivity contribution in [3.8, 4) is 0 Å². The normalized spacial score (nSPS) is 13.2. The second kappa shape index (κ2) is 5.74. The van der Waals surface area contributed by atoms with Crippen molar-refractivity contribution in [2.45, 2.75) is 32.7 Å². The third-order valence-electron chi connectivity index (χ3n) is 2.43. The summed E-state index contributed by atoms with van der Waals surface area (Å²) in [7, 11) is 0. The van der Waals surface area contributed by atoms with Crippen molar-refractivity contribution in [1.82, 2.24) is 0 Å². The highest BCUT2D eigenvalue weighted by Gasteiger charge is 2.08. The standard InChI is InChI=1S/C12H17Cl2N/c1-8(2)3-6-12(15)9-4-5-10(13)11(14)7-9/h4-5,7-8,12H,3,6,15H2,1-2H3. The number of rotatable bonds is 4. The molecule has 1 aromatic rings. The minimum Gasteiger partial charge on any atom is -0.324 e. The van der Waals surface area contributed by atoms with E-state index in [-0.39, 0.29) is 6.04 Å². The van der Waals surface area contributed by atoms with E-state index in [0.717, 1.165) is 18.4 Å². The summed E-state index contributed by atoms with van der Waals surface area (Å²) in [6.07, 6.45) is 2.11. The van der Waals surface area contributed by atoms with E-state index in [1.807, 2.05) is 12.1 Å². The summed E-state index contributed by atoms with van der Waals surface area (Å²) in [5.41, 5.74) is 7.12. The Kier molecular flexibility index (Phi) is 4.91. The molecule has 15 heavy (non-hydrogen) atoms. The Morgan fingerprint density at radius 2 is 1.80 bits per heavy atom. The van der Waals surface area contributed by atoms with Crippen LogP contribution in [0.2, 0.25) is 10.0 Å². The van der Waals surface area contributed by atoms with Gasteiger partial charge in [0.1, 0.15) is 0 Å². The molecule has 84 valence electrons. The maximum atomic E-state index is 6.06. The maximum absolute atomic E-state index is 6.06. The van der Waals surface area contributed by atoms with E-state index in [1.165, 1.54) is 0 Å². The highest BCUT2D eigenvalue weighted by atomic mass is 35.5. The molecule has 0 fully saturated rings. The van der Waals surface area contributed by atoms with Crippen LogP contribution in [0.3, 0.4) is 0 Å². The Balaban J connectivity index is 2.65. The van der Waals surface area contributed by atoms with Gasteiger partial charge in [0.25, 0.3) is 0 Å². The van der Waals surface area contributed by atoms with Gasteiger partial charge in [-0.2, -0.15) is 0 Å². The van der Waals surface area contributed by atoms with Crippen LogP contribution in [0, 0.1) is 5.92 Å². The van der Waals surface area contributed by atoms with E-state index in [9.17, 15) is 0 Å². The third kappa shape index (κ3) is 4.02. The van der Waals surface area contributed by atoms with Gasteiger partial charge in [0.05, 0.1) is 10.0 Å². The molecule has 0 heterocycles. The van der Waals surface area contributed by atoms with E-state index in [4.69, 9.17) is 28.9 Å². The lowest BCUT2D eigenvalue weighted by atomic mass is 9.98. The Hall–Kier alpha value is -0.240. The van der Waals surface area contributed by atoms with Gasteiger partial charge >= 0.3 is 0 Å². The molecular formula is C12H17Cl2N. The lowest BCUT2D eigenvalue weighted by molar-refractivity contribution is 0.507. The van der Waals surface area contributed by atoms with Crippen molar-refractivity contribution in [3.63, 3.8) is 0 Å². The minimum absolute atomic E-state index is 0.0576. The summed E-state index contributed by atoms with van der Waals surface area (Å²) >= 11 is 11.8.